The fourth-order valence-corrected chi connectivity index (χ4v) is 4.70. The van der Waals surface area contributed by atoms with Gasteiger partial charge >= 0.3 is 0 Å². The van der Waals surface area contributed by atoms with Crippen LogP contribution in [-0.2, 0) is 16.7 Å². The van der Waals surface area contributed by atoms with Crippen LogP contribution in [0.1, 0.15) is 56.7 Å². The van der Waals surface area contributed by atoms with E-state index in [1.54, 1.807) is 0 Å². The van der Waals surface area contributed by atoms with Crippen LogP contribution in [0.5, 0.6) is 0 Å². The molecule has 0 amide bonds. The molecule has 2 aromatic carbocycles. The Morgan fingerprint density at radius 2 is 1.71 bits per heavy atom. The van der Waals surface area contributed by atoms with Crippen LogP contribution in [0.2, 0.25) is 0 Å². The molecule has 1 saturated heterocycles. The summed E-state index contributed by atoms with van der Waals surface area (Å²) in [7, 11) is 0. The summed E-state index contributed by atoms with van der Waals surface area (Å²) in [6, 6.07) is 19.0. The van der Waals surface area contributed by atoms with Gasteiger partial charge in [0.2, 0.25) is 0 Å². The van der Waals surface area contributed by atoms with Crippen LogP contribution in [0.4, 0.5) is 0 Å². The Balaban J connectivity index is 1.67. The molecule has 31 heavy (non-hydrogen) atoms. The number of likely N-dealkylation sites (tertiary alicyclic amines) is 1. The molecule has 0 aromatic heterocycles. The first-order valence-corrected chi connectivity index (χ1v) is 11.5. The molecule has 2 aromatic rings. The van der Waals surface area contributed by atoms with E-state index in [-0.39, 0.29) is 16.7 Å². The van der Waals surface area contributed by atoms with Crippen molar-refractivity contribution in [3.05, 3.63) is 71.3 Å². The summed E-state index contributed by atoms with van der Waals surface area (Å²) in [6.07, 6.45) is 5.68. The average Bonchev–Trinajstić information content (AvgIpc) is 2.82. The normalized spacial score (nSPS) is 16.7. The fourth-order valence-electron chi connectivity index (χ4n) is 4.70. The topological polar surface area (TPSA) is 60.2 Å². The van der Waals surface area contributed by atoms with Crippen LogP contribution in [-0.4, -0.2) is 43.1 Å². The predicted molar refractivity (Wildman–Crippen MR) is 130 cm³/mol. The second kappa shape index (κ2) is 10.3. The molecule has 0 saturated carbocycles. The van der Waals surface area contributed by atoms with Crippen LogP contribution < -0.4 is 0 Å². The second-order valence-corrected chi connectivity index (χ2v) is 9.30. The van der Waals surface area contributed by atoms with Crippen molar-refractivity contribution in [1.29, 1.82) is 10.8 Å². The van der Waals surface area contributed by atoms with Gasteiger partial charge in [0.1, 0.15) is 0 Å². The van der Waals surface area contributed by atoms with Gasteiger partial charge in [-0.1, -0.05) is 54.6 Å². The predicted octanol–water partition coefficient (Wildman–Crippen LogP) is 5.69. The van der Waals surface area contributed by atoms with E-state index in [9.17, 15) is 0 Å². The van der Waals surface area contributed by atoms with E-state index < -0.39 is 0 Å². The number of hydrogen-bond acceptors (Lipinski definition) is 4. The van der Waals surface area contributed by atoms with E-state index in [0.29, 0.717) is 0 Å². The van der Waals surface area contributed by atoms with Crippen molar-refractivity contribution >= 4 is 11.9 Å². The molecule has 1 aliphatic rings. The Morgan fingerprint density at radius 1 is 1.06 bits per heavy atom. The molecule has 1 aliphatic heterocycles. The number of ether oxygens (including phenoxy) is 1. The van der Waals surface area contributed by atoms with E-state index in [2.05, 4.69) is 68.1 Å². The monoisotopic (exact) mass is 419 g/mol. The Kier molecular flexibility index (Phi) is 7.79. The highest BCUT2D eigenvalue weighted by atomic mass is 16.5. The second-order valence-electron chi connectivity index (χ2n) is 9.30. The molecule has 0 aliphatic carbocycles. The highest BCUT2D eigenvalue weighted by Gasteiger charge is 2.39. The lowest BCUT2D eigenvalue weighted by Crippen LogP contribution is -2.50. The molecule has 0 unspecified atom stereocenters. The minimum absolute atomic E-state index is 0.0669. The van der Waals surface area contributed by atoms with Gasteiger partial charge < -0.3 is 10.1 Å². The molecule has 4 nitrogen and oxygen atoms in total. The van der Waals surface area contributed by atoms with E-state index in [1.165, 1.54) is 17.5 Å². The first-order chi connectivity index (χ1) is 14.9. The summed E-state index contributed by atoms with van der Waals surface area (Å²) in [5.41, 5.74) is 3.91. The van der Waals surface area contributed by atoms with Gasteiger partial charge in [-0.05, 0) is 76.1 Å². The maximum Gasteiger partial charge on any atom is 0.0787 e. The van der Waals surface area contributed by atoms with Crippen molar-refractivity contribution in [3.63, 3.8) is 0 Å². The standard InChI is InChI=1S/C27H37N3O/c1-4-31-21-27(15-14-22-8-6-5-7-9-22)16-18-30(19-17-27)26(2,3)24-12-10-23(11-13-24)25(29)20-28/h5-13,20,28-29H,4,14-19,21H2,1-3H3. The lowest BCUT2D eigenvalue weighted by atomic mass is 9.73. The smallest absolute Gasteiger partial charge is 0.0787 e. The summed E-state index contributed by atoms with van der Waals surface area (Å²) >= 11 is 0. The van der Waals surface area contributed by atoms with Gasteiger partial charge in [0.15, 0.2) is 0 Å². The highest BCUT2D eigenvalue weighted by Crippen LogP contribution is 2.40. The first kappa shape index (κ1) is 23.4. The van der Waals surface area contributed by atoms with Gasteiger partial charge in [-0.2, -0.15) is 0 Å². The minimum Gasteiger partial charge on any atom is -0.381 e. The summed E-state index contributed by atoms with van der Waals surface area (Å²) in [5, 5.41) is 15.1. The van der Waals surface area contributed by atoms with Crippen LogP contribution in [0.3, 0.4) is 0 Å². The summed E-state index contributed by atoms with van der Waals surface area (Å²) in [6.45, 7) is 10.4. The molecule has 0 bridgehead atoms. The summed E-state index contributed by atoms with van der Waals surface area (Å²) in [5.74, 6) is 0. The lowest BCUT2D eigenvalue weighted by Gasteiger charge is -2.48. The van der Waals surface area contributed by atoms with Crippen molar-refractivity contribution in [2.24, 2.45) is 5.41 Å². The molecule has 0 spiro atoms. The highest BCUT2D eigenvalue weighted by molar-refractivity contribution is 6.35. The average molecular weight is 420 g/mol. The third kappa shape index (κ3) is 5.69. The van der Waals surface area contributed by atoms with Crippen molar-refractivity contribution in [1.82, 2.24) is 4.90 Å². The maximum absolute atomic E-state index is 7.84. The molecular weight excluding hydrogens is 382 g/mol. The maximum atomic E-state index is 7.84. The van der Waals surface area contributed by atoms with Crippen LogP contribution >= 0.6 is 0 Å². The molecule has 166 valence electrons. The molecule has 3 rings (SSSR count). The zero-order chi connectivity index (χ0) is 22.3. The fraction of sp³-hybridized carbons (Fsp3) is 0.481. The van der Waals surface area contributed by atoms with Gasteiger partial charge in [0, 0.05) is 23.9 Å². The molecule has 0 atom stereocenters. The van der Waals surface area contributed by atoms with Crippen LogP contribution in [0.15, 0.2) is 54.6 Å². The number of benzene rings is 2. The van der Waals surface area contributed by atoms with Gasteiger partial charge in [0.05, 0.1) is 12.3 Å². The van der Waals surface area contributed by atoms with Crippen LogP contribution in [0.25, 0.3) is 0 Å². The molecule has 2 N–H and O–H groups in total. The van der Waals surface area contributed by atoms with E-state index in [4.69, 9.17) is 15.6 Å². The summed E-state index contributed by atoms with van der Waals surface area (Å²) in [4.78, 5) is 2.59. The third-order valence-corrected chi connectivity index (χ3v) is 7.06. The molecule has 1 fully saturated rings. The SMILES string of the molecule is CCOCC1(CCc2ccccc2)CCN(C(C)(C)c2ccc(C(=N)C=N)cc2)CC1. The largest absolute Gasteiger partial charge is 0.381 e. The van der Waals surface area contributed by atoms with E-state index >= 15 is 0 Å². The molecule has 4 heteroatoms. The number of hydrogen-bond donors (Lipinski definition) is 2. The zero-order valence-electron chi connectivity index (χ0n) is 19.3. The number of nitrogens with zero attached hydrogens (tertiary/aromatic N) is 1. The zero-order valence-corrected chi connectivity index (χ0v) is 19.3. The van der Waals surface area contributed by atoms with Crippen LogP contribution in [0, 0.1) is 16.2 Å². The van der Waals surface area contributed by atoms with Crippen molar-refractivity contribution in [2.75, 3.05) is 26.3 Å². The van der Waals surface area contributed by atoms with E-state index in [1.807, 2.05) is 12.1 Å². The summed E-state index contributed by atoms with van der Waals surface area (Å²) < 4.78 is 5.96. The lowest BCUT2D eigenvalue weighted by molar-refractivity contribution is -0.0258. The number of rotatable bonds is 10. The van der Waals surface area contributed by atoms with Crippen molar-refractivity contribution in [2.45, 2.75) is 52.0 Å². The third-order valence-electron chi connectivity index (χ3n) is 7.06. The number of piperidine rings is 1. The number of aryl methyl sites for hydroxylation is 1. The molecular formula is C27H37N3O. The molecule has 1 heterocycles. The number of nitrogens with one attached hydrogen (secondary N) is 2. The molecule has 0 radical (unpaired) electrons. The Morgan fingerprint density at radius 3 is 2.29 bits per heavy atom. The first-order valence-electron chi connectivity index (χ1n) is 11.5. The van der Waals surface area contributed by atoms with Gasteiger partial charge in [-0.25, -0.2) is 0 Å². The Bertz CT molecular complexity index is 850. The van der Waals surface area contributed by atoms with Gasteiger partial charge in [-0.3, -0.25) is 10.3 Å². The Hall–Kier alpha value is -2.30. The Labute approximate surface area is 187 Å². The van der Waals surface area contributed by atoms with E-state index in [0.717, 1.165) is 57.3 Å². The van der Waals surface area contributed by atoms with Crippen molar-refractivity contribution in [3.8, 4) is 0 Å². The van der Waals surface area contributed by atoms with Gasteiger partial charge in [0.25, 0.3) is 0 Å². The quantitative estimate of drug-likeness (QED) is 0.486. The minimum atomic E-state index is -0.0669. The van der Waals surface area contributed by atoms with Gasteiger partial charge in [-0.15, -0.1) is 0 Å². The van der Waals surface area contributed by atoms with Crippen molar-refractivity contribution < 1.29 is 4.74 Å².